The molecule has 5 rings (SSSR count). The molecular formula is C22H20N4O. The number of nitrogens with zero attached hydrogens (tertiary/aromatic N) is 3. The lowest BCUT2D eigenvalue weighted by atomic mass is 9.88. The van der Waals surface area contributed by atoms with Crippen LogP contribution in [0.2, 0.25) is 0 Å². The number of phenols is 1. The molecular weight excluding hydrogens is 336 g/mol. The Labute approximate surface area is 157 Å². The van der Waals surface area contributed by atoms with Crippen molar-refractivity contribution >= 4 is 16.7 Å². The normalized spacial score (nSPS) is 16.4. The fourth-order valence-electron chi connectivity index (χ4n) is 4.10. The van der Waals surface area contributed by atoms with E-state index in [9.17, 15) is 5.11 Å². The number of hydrogen-bond acceptors (Lipinski definition) is 4. The number of hydrogen-bond donors (Lipinski definition) is 2. The zero-order valence-electron chi connectivity index (χ0n) is 14.8. The molecule has 1 atom stereocenters. The lowest BCUT2D eigenvalue weighted by Gasteiger charge is -2.25. The average molecular weight is 356 g/mol. The highest BCUT2D eigenvalue weighted by atomic mass is 16.3. The van der Waals surface area contributed by atoms with E-state index in [-0.39, 0.29) is 11.8 Å². The van der Waals surface area contributed by atoms with Crippen LogP contribution in [0, 0.1) is 0 Å². The Morgan fingerprint density at radius 2 is 1.78 bits per heavy atom. The summed E-state index contributed by atoms with van der Waals surface area (Å²) in [4.78, 5) is 4.28. The maximum Gasteiger partial charge on any atom is 0.135 e. The maximum atomic E-state index is 9.61. The van der Waals surface area contributed by atoms with Crippen molar-refractivity contribution in [1.29, 1.82) is 0 Å². The Hall–Kier alpha value is -3.34. The van der Waals surface area contributed by atoms with Crippen molar-refractivity contribution in [3.8, 4) is 17.0 Å². The van der Waals surface area contributed by atoms with E-state index in [1.165, 1.54) is 11.1 Å². The first-order chi connectivity index (χ1) is 13.2. The van der Waals surface area contributed by atoms with Gasteiger partial charge >= 0.3 is 0 Å². The van der Waals surface area contributed by atoms with Gasteiger partial charge in [-0.15, -0.1) is 0 Å². The van der Waals surface area contributed by atoms with Gasteiger partial charge in [-0.2, -0.15) is 5.10 Å². The minimum Gasteiger partial charge on any atom is -0.508 e. The number of aromatic hydroxyl groups is 1. The Morgan fingerprint density at radius 3 is 2.59 bits per heavy atom. The fraction of sp³-hybridized carbons (Fsp3) is 0.182. The molecule has 2 aromatic heterocycles. The highest BCUT2D eigenvalue weighted by Gasteiger charge is 2.24. The molecule has 2 aromatic carbocycles. The Balaban J connectivity index is 1.66. The van der Waals surface area contributed by atoms with E-state index in [1.807, 2.05) is 18.2 Å². The van der Waals surface area contributed by atoms with Gasteiger partial charge < -0.3 is 10.8 Å². The van der Waals surface area contributed by atoms with Gasteiger partial charge in [0.15, 0.2) is 0 Å². The number of anilines is 1. The molecule has 3 N–H and O–H groups in total. The Kier molecular flexibility index (Phi) is 3.60. The van der Waals surface area contributed by atoms with E-state index in [0.717, 1.165) is 41.4 Å². The molecule has 1 aliphatic rings. The third-order valence-corrected chi connectivity index (χ3v) is 5.46. The van der Waals surface area contributed by atoms with E-state index >= 15 is 0 Å². The summed E-state index contributed by atoms with van der Waals surface area (Å²) in [6.45, 7) is 0. The molecule has 5 heteroatoms. The number of aryl methyl sites for hydroxylation is 1. The van der Waals surface area contributed by atoms with Crippen molar-refractivity contribution in [3.63, 3.8) is 0 Å². The van der Waals surface area contributed by atoms with Crippen LogP contribution in [-0.4, -0.2) is 19.9 Å². The lowest BCUT2D eigenvalue weighted by molar-refractivity contribution is 0.417. The molecule has 0 saturated heterocycles. The van der Waals surface area contributed by atoms with Gasteiger partial charge in [-0.05, 0) is 60.7 Å². The molecule has 5 nitrogen and oxygen atoms in total. The number of fused-ring (bicyclic) bond motifs is 2. The van der Waals surface area contributed by atoms with Gasteiger partial charge in [-0.1, -0.05) is 24.3 Å². The highest BCUT2D eigenvalue weighted by molar-refractivity contribution is 6.00. The number of aromatic nitrogens is 3. The molecule has 2 heterocycles. The number of nitrogen functional groups attached to an aromatic ring is 1. The standard InChI is InChI=1S/C22H20N4O/c23-22-20-19(11-12-24-22)26(25-21(20)15-6-9-18(27)10-7-15)17-8-5-14-3-1-2-4-16(14)13-17/h1-4,6-7,9-12,17,27H,5,8,13H2,(H2,23,24). The average Bonchev–Trinajstić information content (AvgIpc) is 3.09. The largest absolute Gasteiger partial charge is 0.508 e. The molecule has 0 spiro atoms. The van der Waals surface area contributed by atoms with E-state index in [2.05, 4.69) is 33.9 Å². The quantitative estimate of drug-likeness (QED) is 0.566. The van der Waals surface area contributed by atoms with E-state index in [0.29, 0.717) is 5.82 Å². The minimum absolute atomic E-state index is 0.234. The van der Waals surface area contributed by atoms with Crippen LogP contribution in [-0.2, 0) is 12.8 Å². The second-order valence-corrected chi connectivity index (χ2v) is 7.10. The first-order valence-electron chi connectivity index (χ1n) is 9.19. The van der Waals surface area contributed by atoms with Gasteiger partial charge in [0.05, 0.1) is 16.9 Å². The van der Waals surface area contributed by atoms with Gasteiger partial charge in [0.1, 0.15) is 17.3 Å². The number of rotatable bonds is 2. The topological polar surface area (TPSA) is 77.0 Å². The molecule has 0 amide bonds. The molecule has 1 unspecified atom stereocenters. The molecule has 0 radical (unpaired) electrons. The van der Waals surface area contributed by atoms with Crippen molar-refractivity contribution in [3.05, 3.63) is 71.9 Å². The molecule has 1 aliphatic carbocycles. The first-order valence-corrected chi connectivity index (χ1v) is 9.19. The molecule has 134 valence electrons. The predicted octanol–water partition coefficient (Wildman–Crippen LogP) is 4.12. The summed E-state index contributed by atoms with van der Waals surface area (Å²) in [5.74, 6) is 0.718. The van der Waals surface area contributed by atoms with Crippen molar-refractivity contribution in [2.45, 2.75) is 25.3 Å². The second-order valence-electron chi connectivity index (χ2n) is 7.10. The summed E-state index contributed by atoms with van der Waals surface area (Å²) in [7, 11) is 0. The van der Waals surface area contributed by atoms with Gasteiger partial charge in [-0.25, -0.2) is 4.98 Å². The minimum atomic E-state index is 0.234. The van der Waals surface area contributed by atoms with Gasteiger partial charge in [0.2, 0.25) is 0 Å². The smallest absolute Gasteiger partial charge is 0.135 e. The summed E-state index contributed by atoms with van der Waals surface area (Å²) >= 11 is 0. The Bertz CT molecular complexity index is 1130. The van der Waals surface area contributed by atoms with Crippen molar-refractivity contribution < 1.29 is 5.11 Å². The highest BCUT2D eigenvalue weighted by Crippen LogP contribution is 2.36. The summed E-state index contributed by atoms with van der Waals surface area (Å²) < 4.78 is 2.12. The van der Waals surface area contributed by atoms with Crippen LogP contribution in [0.3, 0.4) is 0 Å². The Morgan fingerprint density at radius 1 is 1.00 bits per heavy atom. The van der Waals surface area contributed by atoms with Gasteiger partial charge in [-0.3, -0.25) is 4.68 Å². The second kappa shape index (κ2) is 6.13. The molecule has 27 heavy (non-hydrogen) atoms. The molecule has 4 aromatic rings. The van der Waals surface area contributed by atoms with Crippen LogP contribution < -0.4 is 5.73 Å². The van der Waals surface area contributed by atoms with E-state index in [4.69, 9.17) is 10.8 Å². The lowest BCUT2D eigenvalue weighted by Crippen LogP contribution is -2.19. The monoisotopic (exact) mass is 356 g/mol. The van der Waals surface area contributed by atoms with E-state index in [1.54, 1.807) is 18.3 Å². The van der Waals surface area contributed by atoms with Crippen molar-refractivity contribution in [1.82, 2.24) is 14.8 Å². The van der Waals surface area contributed by atoms with E-state index < -0.39 is 0 Å². The number of phenolic OH excluding ortho intramolecular Hbond substituents is 1. The third-order valence-electron chi connectivity index (χ3n) is 5.46. The summed E-state index contributed by atoms with van der Waals surface area (Å²) in [5.41, 5.74) is 11.8. The fourth-order valence-corrected chi connectivity index (χ4v) is 4.10. The van der Waals surface area contributed by atoms with Crippen LogP contribution in [0.1, 0.15) is 23.6 Å². The number of benzene rings is 2. The predicted molar refractivity (Wildman–Crippen MR) is 107 cm³/mol. The number of pyridine rings is 1. The van der Waals surface area contributed by atoms with Crippen LogP contribution in [0.4, 0.5) is 5.82 Å². The SMILES string of the molecule is Nc1nccc2c1c(-c1ccc(O)cc1)nn2C1CCc2ccccc2C1. The van der Waals surface area contributed by atoms with Crippen LogP contribution in [0.5, 0.6) is 5.75 Å². The van der Waals surface area contributed by atoms with Crippen LogP contribution in [0.25, 0.3) is 22.2 Å². The number of nitrogens with two attached hydrogens (primary N) is 1. The zero-order valence-corrected chi connectivity index (χ0v) is 14.8. The van der Waals surface area contributed by atoms with Crippen LogP contribution >= 0.6 is 0 Å². The van der Waals surface area contributed by atoms with Gasteiger partial charge in [0, 0.05) is 11.8 Å². The summed E-state index contributed by atoms with van der Waals surface area (Å²) in [5, 5.41) is 15.4. The zero-order chi connectivity index (χ0) is 18.4. The van der Waals surface area contributed by atoms with Gasteiger partial charge in [0.25, 0.3) is 0 Å². The molecule has 0 fully saturated rings. The van der Waals surface area contributed by atoms with Crippen molar-refractivity contribution in [2.75, 3.05) is 5.73 Å². The van der Waals surface area contributed by atoms with Crippen molar-refractivity contribution in [2.24, 2.45) is 0 Å². The summed E-state index contributed by atoms with van der Waals surface area (Å²) in [6.07, 6.45) is 4.81. The molecule has 0 aliphatic heterocycles. The molecule has 0 saturated carbocycles. The third kappa shape index (κ3) is 2.63. The van der Waals surface area contributed by atoms with Crippen LogP contribution in [0.15, 0.2) is 60.8 Å². The molecule has 0 bridgehead atoms. The summed E-state index contributed by atoms with van der Waals surface area (Å²) in [6, 6.07) is 18.0. The maximum absolute atomic E-state index is 9.61. The first kappa shape index (κ1) is 15.9.